The molecule has 6 nitrogen and oxygen atoms in total. The number of nitrogens with zero attached hydrogens (tertiary/aromatic N) is 2. The van der Waals surface area contributed by atoms with Crippen molar-refractivity contribution in [2.24, 2.45) is 0 Å². The van der Waals surface area contributed by atoms with E-state index >= 15 is 0 Å². The molecule has 0 atom stereocenters. The summed E-state index contributed by atoms with van der Waals surface area (Å²) in [7, 11) is -3.87. The highest BCUT2D eigenvalue weighted by Gasteiger charge is 2.41. The van der Waals surface area contributed by atoms with Crippen LogP contribution in [0.5, 0.6) is 0 Å². The predicted octanol–water partition coefficient (Wildman–Crippen LogP) is 2.72. The molecule has 0 radical (unpaired) electrons. The molecular formula is C10H17N2O4PS. The third kappa shape index (κ3) is 5.39. The Morgan fingerprint density at radius 1 is 1.22 bits per heavy atom. The SMILES string of the molecule is CCOP(=O)(OCC)OC(C#N)(C#N)CCSC. The average molecular weight is 292 g/mol. The minimum absolute atomic E-state index is 0.104. The molecule has 0 aromatic carbocycles. The summed E-state index contributed by atoms with van der Waals surface area (Å²) in [6, 6.07) is 3.49. The van der Waals surface area contributed by atoms with Crippen LogP contribution in [0.1, 0.15) is 20.3 Å². The lowest BCUT2D eigenvalue weighted by Crippen LogP contribution is -2.29. The maximum absolute atomic E-state index is 12.1. The summed E-state index contributed by atoms with van der Waals surface area (Å²) in [5.41, 5.74) is -1.80. The van der Waals surface area contributed by atoms with Crippen LogP contribution in [0.4, 0.5) is 0 Å². The zero-order valence-electron chi connectivity index (χ0n) is 10.7. The van der Waals surface area contributed by atoms with Gasteiger partial charge < -0.3 is 0 Å². The first-order chi connectivity index (χ1) is 8.51. The Hall–Kier alpha value is -0.560. The molecule has 102 valence electrons. The molecule has 0 spiro atoms. The highest BCUT2D eigenvalue weighted by atomic mass is 32.2. The van der Waals surface area contributed by atoms with E-state index in [4.69, 9.17) is 24.1 Å². The topological polar surface area (TPSA) is 92.3 Å². The minimum Gasteiger partial charge on any atom is -0.287 e. The summed E-state index contributed by atoms with van der Waals surface area (Å²) in [6.45, 7) is 3.45. The highest BCUT2D eigenvalue weighted by molar-refractivity contribution is 7.98. The van der Waals surface area contributed by atoms with E-state index < -0.39 is 13.4 Å². The van der Waals surface area contributed by atoms with Crippen LogP contribution in [0, 0.1) is 22.7 Å². The van der Waals surface area contributed by atoms with Crippen LogP contribution < -0.4 is 0 Å². The molecule has 0 aliphatic rings. The first-order valence-electron chi connectivity index (χ1n) is 5.42. The fraction of sp³-hybridized carbons (Fsp3) is 0.800. The van der Waals surface area contributed by atoms with Crippen molar-refractivity contribution < 1.29 is 18.1 Å². The number of hydrogen-bond acceptors (Lipinski definition) is 7. The zero-order chi connectivity index (χ0) is 14.1. The number of rotatable bonds is 9. The Morgan fingerprint density at radius 3 is 2.06 bits per heavy atom. The fourth-order valence-corrected chi connectivity index (χ4v) is 2.92. The molecule has 0 rings (SSSR count). The molecule has 0 saturated carbocycles. The van der Waals surface area contributed by atoms with E-state index in [9.17, 15) is 4.57 Å². The van der Waals surface area contributed by atoms with E-state index in [1.807, 2.05) is 6.26 Å². The summed E-state index contributed by atoms with van der Waals surface area (Å²) < 4.78 is 27.0. The van der Waals surface area contributed by atoms with Gasteiger partial charge in [-0.25, -0.2) is 4.57 Å². The summed E-state index contributed by atoms with van der Waals surface area (Å²) in [5, 5.41) is 18.1. The smallest absolute Gasteiger partial charge is 0.287 e. The van der Waals surface area contributed by atoms with Gasteiger partial charge in [-0.15, -0.1) is 0 Å². The van der Waals surface area contributed by atoms with Crippen molar-refractivity contribution in [3.05, 3.63) is 0 Å². The molecule has 0 N–H and O–H groups in total. The van der Waals surface area contributed by atoms with Crippen molar-refractivity contribution in [2.45, 2.75) is 25.9 Å². The number of phosphoric ester groups is 1. The first-order valence-corrected chi connectivity index (χ1v) is 8.28. The van der Waals surface area contributed by atoms with Crippen LogP contribution in [0.3, 0.4) is 0 Å². The van der Waals surface area contributed by atoms with Gasteiger partial charge in [0.05, 0.1) is 13.2 Å². The molecule has 0 unspecified atom stereocenters. The maximum atomic E-state index is 12.1. The fourth-order valence-electron chi connectivity index (χ4n) is 1.07. The molecule has 0 aliphatic heterocycles. The summed E-state index contributed by atoms with van der Waals surface area (Å²) in [4.78, 5) is 0. The van der Waals surface area contributed by atoms with E-state index in [1.54, 1.807) is 26.0 Å². The van der Waals surface area contributed by atoms with Gasteiger partial charge in [0, 0.05) is 6.42 Å². The highest BCUT2D eigenvalue weighted by Crippen LogP contribution is 2.53. The van der Waals surface area contributed by atoms with Crippen LogP contribution in [-0.2, 0) is 18.1 Å². The Morgan fingerprint density at radius 2 is 1.72 bits per heavy atom. The summed E-state index contributed by atoms with van der Waals surface area (Å²) in [5.74, 6) is 0.527. The van der Waals surface area contributed by atoms with E-state index in [0.717, 1.165) is 0 Å². The van der Waals surface area contributed by atoms with Gasteiger partial charge in [-0.2, -0.15) is 22.3 Å². The second kappa shape index (κ2) is 8.53. The van der Waals surface area contributed by atoms with Gasteiger partial charge in [0.25, 0.3) is 5.60 Å². The second-order valence-corrected chi connectivity index (χ2v) is 5.75. The molecule has 0 aromatic heterocycles. The molecule has 0 amide bonds. The first kappa shape index (κ1) is 17.4. The maximum Gasteiger partial charge on any atom is 0.477 e. The van der Waals surface area contributed by atoms with Crippen molar-refractivity contribution in [3.8, 4) is 12.1 Å². The molecular weight excluding hydrogens is 275 g/mol. The van der Waals surface area contributed by atoms with Crippen LogP contribution in [0.2, 0.25) is 0 Å². The Balaban J connectivity index is 5.00. The number of phosphoric acid groups is 1. The molecule has 0 aliphatic carbocycles. The van der Waals surface area contributed by atoms with Gasteiger partial charge in [0.2, 0.25) is 0 Å². The predicted molar refractivity (Wildman–Crippen MR) is 68.9 cm³/mol. The van der Waals surface area contributed by atoms with E-state index in [0.29, 0.717) is 5.75 Å². The quantitative estimate of drug-likeness (QED) is 0.603. The number of thioether (sulfide) groups is 1. The van der Waals surface area contributed by atoms with Crippen LogP contribution >= 0.6 is 19.6 Å². The van der Waals surface area contributed by atoms with Gasteiger partial charge in [-0.3, -0.25) is 13.6 Å². The van der Waals surface area contributed by atoms with Gasteiger partial charge >= 0.3 is 7.82 Å². The van der Waals surface area contributed by atoms with Crippen molar-refractivity contribution in [1.82, 2.24) is 0 Å². The number of hydrogen-bond donors (Lipinski definition) is 0. The van der Waals surface area contributed by atoms with Gasteiger partial charge in [-0.05, 0) is 25.9 Å². The van der Waals surface area contributed by atoms with Crippen molar-refractivity contribution in [1.29, 1.82) is 10.5 Å². The molecule has 0 bridgehead atoms. The lowest BCUT2D eigenvalue weighted by molar-refractivity contribution is 0.0739. The molecule has 0 fully saturated rings. The second-order valence-electron chi connectivity index (χ2n) is 3.17. The molecule has 0 heterocycles. The molecule has 18 heavy (non-hydrogen) atoms. The Kier molecular flexibility index (Phi) is 8.26. The van der Waals surface area contributed by atoms with Crippen LogP contribution in [0.15, 0.2) is 0 Å². The third-order valence-corrected chi connectivity index (χ3v) is 4.16. The summed E-state index contributed by atoms with van der Waals surface area (Å²) in [6.07, 6.45) is 1.97. The standard InChI is InChI=1S/C10H17N2O4PS/c1-4-14-17(13,15-5-2)16-10(8-11,9-12)6-7-18-3/h4-7H2,1-3H3. The van der Waals surface area contributed by atoms with Crippen molar-refractivity contribution >= 4 is 19.6 Å². The van der Waals surface area contributed by atoms with E-state index in [1.165, 1.54) is 11.8 Å². The van der Waals surface area contributed by atoms with E-state index in [2.05, 4.69) is 0 Å². The molecule has 8 heteroatoms. The van der Waals surface area contributed by atoms with E-state index in [-0.39, 0.29) is 19.6 Å². The minimum atomic E-state index is -3.87. The van der Waals surface area contributed by atoms with Crippen LogP contribution in [0.25, 0.3) is 0 Å². The zero-order valence-corrected chi connectivity index (χ0v) is 12.4. The van der Waals surface area contributed by atoms with Crippen molar-refractivity contribution in [2.75, 3.05) is 25.2 Å². The normalized spacial score (nSPS) is 11.8. The van der Waals surface area contributed by atoms with Crippen molar-refractivity contribution in [3.63, 3.8) is 0 Å². The molecule has 0 aromatic rings. The number of nitriles is 2. The Labute approximate surface area is 112 Å². The van der Waals surface area contributed by atoms with Gasteiger partial charge in [0.1, 0.15) is 12.1 Å². The van der Waals surface area contributed by atoms with Gasteiger partial charge in [-0.1, -0.05) is 0 Å². The average Bonchev–Trinajstić information content (AvgIpc) is 2.35. The lowest BCUT2D eigenvalue weighted by Gasteiger charge is -2.24. The Bertz CT molecular complexity index is 353. The van der Waals surface area contributed by atoms with Crippen LogP contribution in [-0.4, -0.2) is 30.8 Å². The lowest BCUT2D eigenvalue weighted by atomic mass is 10.1. The largest absolute Gasteiger partial charge is 0.477 e. The van der Waals surface area contributed by atoms with Gasteiger partial charge in [0.15, 0.2) is 0 Å². The monoisotopic (exact) mass is 292 g/mol. The summed E-state index contributed by atoms with van der Waals surface area (Å²) >= 11 is 1.46. The third-order valence-electron chi connectivity index (χ3n) is 1.86. The molecule has 0 saturated heterocycles.